The average molecular weight is 1010 g/mol. The Labute approximate surface area is 442 Å². The molecule has 2 nitrogen and oxygen atoms in total. The van der Waals surface area contributed by atoms with Crippen molar-refractivity contribution in [3.05, 3.63) is 291 Å². The first-order chi connectivity index (χ1) is 37.5. The number of rotatable bonds is 9. The van der Waals surface area contributed by atoms with Crippen LogP contribution in [-0.4, -0.2) is 0 Å². The van der Waals surface area contributed by atoms with Gasteiger partial charge in [-0.05, 0) is 111 Å². The van der Waals surface area contributed by atoms with Crippen LogP contribution in [-0.2, 0) is 9.13 Å². The molecule has 14 aromatic carbocycles. The minimum atomic E-state index is -3.77. The van der Waals surface area contributed by atoms with E-state index < -0.39 is 14.3 Å². The molecule has 0 radical (unpaired) electrons. The van der Waals surface area contributed by atoms with Crippen molar-refractivity contribution in [2.75, 3.05) is 0 Å². The summed E-state index contributed by atoms with van der Waals surface area (Å²) in [6.45, 7) is 0. The summed E-state index contributed by atoms with van der Waals surface area (Å²) in [5.74, 6) is 0. The molecule has 0 unspecified atom stereocenters. The van der Waals surface area contributed by atoms with E-state index in [4.69, 9.17) is 0 Å². The molecule has 4 heteroatoms. The summed E-state index contributed by atoms with van der Waals surface area (Å²) in [6.07, 6.45) is 0. The summed E-state index contributed by atoms with van der Waals surface area (Å²) in [4.78, 5) is 0. The lowest BCUT2D eigenvalue weighted by Crippen LogP contribution is -2.30. The maximum Gasteiger partial charge on any atom is 0.171 e. The van der Waals surface area contributed by atoms with E-state index in [1.807, 2.05) is 121 Å². The van der Waals surface area contributed by atoms with Crippen LogP contribution in [0.15, 0.2) is 291 Å². The number of fused-ring (bicyclic) bond motifs is 6. The van der Waals surface area contributed by atoms with Gasteiger partial charge in [-0.25, -0.2) is 0 Å². The molecule has 14 aromatic rings. The zero-order valence-corrected chi connectivity index (χ0v) is 43.2. The molecule has 0 saturated heterocycles. The van der Waals surface area contributed by atoms with Crippen LogP contribution in [0.5, 0.6) is 0 Å². The molecule has 0 spiro atoms. The van der Waals surface area contributed by atoms with E-state index >= 15 is 9.13 Å². The van der Waals surface area contributed by atoms with E-state index in [1.54, 1.807) is 0 Å². The van der Waals surface area contributed by atoms with Crippen LogP contribution in [0.3, 0.4) is 0 Å². The third kappa shape index (κ3) is 7.17. The van der Waals surface area contributed by atoms with Crippen LogP contribution in [0.1, 0.15) is 0 Å². The molecule has 0 fully saturated rings. The molecule has 0 heterocycles. The molecule has 0 amide bonds. The highest BCUT2D eigenvalue weighted by Crippen LogP contribution is 2.54. The van der Waals surface area contributed by atoms with Gasteiger partial charge in [0.05, 0.1) is 0 Å². The topological polar surface area (TPSA) is 34.1 Å². The Bertz CT molecular complexity index is 4190. The maximum absolute atomic E-state index is 17.5. The number of benzene rings is 14. The fourth-order valence-electron chi connectivity index (χ4n) is 12.2. The molecule has 76 heavy (non-hydrogen) atoms. The lowest BCUT2D eigenvalue weighted by atomic mass is 9.85. The van der Waals surface area contributed by atoms with Gasteiger partial charge in [-0.3, -0.25) is 0 Å². The minimum Gasteiger partial charge on any atom is -0.309 e. The second-order valence-corrected chi connectivity index (χ2v) is 25.1. The molecule has 0 aliphatic heterocycles. The van der Waals surface area contributed by atoms with Crippen LogP contribution in [0, 0.1) is 0 Å². The van der Waals surface area contributed by atoms with Gasteiger partial charge in [0.15, 0.2) is 14.3 Å². The first-order valence-electron chi connectivity index (χ1n) is 25.9. The second kappa shape index (κ2) is 18.5. The van der Waals surface area contributed by atoms with Crippen molar-refractivity contribution in [2.45, 2.75) is 0 Å². The monoisotopic (exact) mass is 1010 g/mol. The van der Waals surface area contributed by atoms with Crippen LogP contribution in [0.4, 0.5) is 0 Å². The van der Waals surface area contributed by atoms with Crippen molar-refractivity contribution in [1.29, 1.82) is 0 Å². The zero-order chi connectivity index (χ0) is 50.8. The predicted molar refractivity (Wildman–Crippen MR) is 327 cm³/mol. The van der Waals surface area contributed by atoms with Crippen LogP contribution >= 0.6 is 14.3 Å². The van der Waals surface area contributed by atoms with Crippen molar-refractivity contribution in [1.82, 2.24) is 0 Å². The molecule has 0 N–H and O–H groups in total. The molecular formula is C72H48O2P2. The third-order valence-corrected chi connectivity index (χ3v) is 21.8. The van der Waals surface area contributed by atoms with Gasteiger partial charge in [-0.15, -0.1) is 0 Å². The quantitative estimate of drug-likeness (QED) is 0.107. The Balaban J connectivity index is 1.22. The van der Waals surface area contributed by atoms with Crippen molar-refractivity contribution in [3.63, 3.8) is 0 Å². The van der Waals surface area contributed by atoms with E-state index in [0.29, 0.717) is 10.6 Å². The largest absolute Gasteiger partial charge is 0.309 e. The van der Waals surface area contributed by atoms with Crippen LogP contribution in [0.25, 0.3) is 98.0 Å². The SMILES string of the molecule is O=P(c1ccccc1)(c1ccccc1)c1ccc2c(-c3c4ccccc4cc4ccccc34)cccc2c1-c1c(P(=O)(c2ccccc2)c2ccccc2)ccc2c(-c3c4ccccc4cc4ccccc34)cccc12. The first-order valence-corrected chi connectivity index (χ1v) is 29.3. The Kier molecular flexibility index (Phi) is 11.1. The number of hydrogen-bond donors (Lipinski definition) is 0. The van der Waals surface area contributed by atoms with Crippen molar-refractivity contribution in [3.8, 4) is 33.4 Å². The summed E-state index contributed by atoms with van der Waals surface area (Å²) in [7, 11) is -7.54. The van der Waals surface area contributed by atoms with Crippen molar-refractivity contribution >= 4 is 111 Å². The standard InChI is InChI=1S/C72H48O2P2/c73-75(53-27-5-1-6-28-53,54-29-7-2-8-30-54)67-45-43-61-63(69-57-35-17-13-23-49(57)47-50-24-14-18-36-58(50)69)39-21-41-65(61)71(67)72-66-42-22-40-64(70-59-37-19-15-25-51(59)48-52-26-16-20-38-60(52)70)62(66)44-46-68(72)76(74,55-31-9-3-10-32-55)56-33-11-4-12-34-56/h1-48H. The summed E-state index contributed by atoms with van der Waals surface area (Å²) in [6, 6.07) is 101. The maximum atomic E-state index is 17.5. The van der Waals surface area contributed by atoms with Gasteiger partial charge in [0.1, 0.15) is 0 Å². The van der Waals surface area contributed by atoms with Crippen LogP contribution < -0.4 is 31.8 Å². The predicted octanol–water partition coefficient (Wildman–Crippen LogP) is 16.9. The highest BCUT2D eigenvalue weighted by atomic mass is 31.2. The lowest BCUT2D eigenvalue weighted by molar-refractivity contribution is 0.591. The Morgan fingerprint density at radius 3 is 0.763 bits per heavy atom. The fourth-order valence-corrected chi connectivity index (χ4v) is 17.9. The fraction of sp³-hybridized carbons (Fsp3) is 0. The van der Waals surface area contributed by atoms with Gasteiger partial charge in [-0.1, -0.05) is 267 Å². The second-order valence-electron chi connectivity index (χ2n) is 19.7. The van der Waals surface area contributed by atoms with E-state index in [9.17, 15) is 0 Å². The van der Waals surface area contributed by atoms with Crippen LogP contribution in [0.2, 0.25) is 0 Å². The van der Waals surface area contributed by atoms with E-state index in [0.717, 1.165) is 119 Å². The highest BCUT2D eigenvalue weighted by molar-refractivity contribution is 7.86. The van der Waals surface area contributed by atoms with Gasteiger partial charge in [-0.2, -0.15) is 0 Å². The molecule has 0 atom stereocenters. The molecule has 0 aliphatic carbocycles. The Morgan fingerprint density at radius 2 is 0.461 bits per heavy atom. The molecule has 14 rings (SSSR count). The van der Waals surface area contributed by atoms with Gasteiger partial charge < -0.3 is 9.13 Å². The Hall–Kier alpha value is -8.90. The highest BCUT2D eigenvalue weighted by Gasteiger charge is 2.39. The normalized spacial score (nSPS) is 12.1. The molecule has 0 aliphatic rings. The minimum absolute atomic E-state index is 0.680. The van der Waals surface area contributed by atoms with E-state index in [1.165, 1.54) is 0 Å². The Morgan fingerprint density at radius 1 is 0.197 bits per heavy atom. The van der Waals surface area contributed by atoms with Gasteiger partial charge in [0.25, 0.3) is 0 Å². The summed E-state index contributed by atoms with van der Waals surface area (Å²) < 4.78 is 35.0. The zero-order valence-electron chi connectivity index (χ0n) is 41.4. The smallest absolute Gasteiger partial charge is 0.171 e. The van der Waals surface area contributed by atoms with Crippen molar-refractivity contribution in [2.24, 2.45) is 0 Å². The number of hydrogen-bond acceptors (Lipinski definition) is 2. The summed E-state index contributed by atoms with van der Waals surface area (Å²) in [5.41, 5.74) is 5.99. The van der Waals surface area contributed by atoms with Gasteiger partial charge in [0.2, 0.25) is 0 Å². The lowest BCUT2D eigenvalue weighted by Gasteiger charge is -2.29. The molecule has 0 saturated carbocycles. The third-order valence-electron chi connectivity index (χ3n) is 15.6. The molecule has 358 valence electrons. The van der Waals surface area contributed by atoms with Crippen molar-refractivity contribution < 1.29 is 9.13 Å². The summed E-state index contributed by atoms with van der Waals surface area (Å²) >= 11 is 0. The van der Waals surface area contributed by atoms with Gasteiger partial charge >= 0.3 is 0 Å². The molecule has 0 bridgehead atoms. The average Bonchev–Trinajstić information content (AvgIpc) is 3.65. The summed E-state index contributed by atoms with van der Waals surface area (Å²) in [5, 5.41) is 17.3. The van der Waals surface area contributed by atoms with E-state index in [2.05, 4.69) is 170 Å². The molecule has 0 aromatic heterocycles. The van der Waals surface area contributed by atoms with Gasteiger partial charge in [0, 0.05) is 43.0 Å². The first kappa shape index (κ1) is 45.7. The molecular weight excluding hydrogens is 959 g/mol. The van der Waals surface area contributed by atoms with E-state index in [-0.39, 0.29) is 0 Å².